The standard InChI is InChI=1S/C24H15F5N4O3/c25-21(26)17-11-15(4-5-18(17)36-19-7-9-31-22-16(19)6-8-30-22)33-20(34)12-32(23(33)35)14-3-1-2-13(10-14)24(27,28)29/h1-11,21H,12H2,(H,30,31). The van der Waals surface area contributed by atoms with Gasteiger partial charge in [0.05, 0.1) is 22.2 Å². The maximum atomic E-state index is 13.9. The quantitative estimate of drug-likeness (QED) is 0.257. The number of hydrogen-bond acceptors (Lipinski definition) is 4. The van der Waals surface area contributed by atoms with E-state index in [9.17, 15) is 31.5 Å². The Hall–Kier alpha value is -4.48. The van der Waals surface area contributed by atoms with E-state index in [2.05, 4.69) is 9.97 Å². The number of benzene rings is 2. The third kappa shape index (κ3) is 4.10. The highest BCUT2D eigenvalue weighted by Gasteiger charge is 2.39. The fraction of sp³-hybridized carbons (Fsp3) is 0.125. The lowest BCUT2D eigenvalue weighted by atomic mass is 10.1. The lowest BCUT2D eigenvalue weighted by Gasteiger charge is -2.19. The van der Waals surface area contributed by atoms with Crippen molar-refractivity contribution in [1.82, 2.24) is 9.97 Å². The van der Waals surface area contributed by atoms with Gasteiger partial charge in [-0.15, -0.1) is 0 Å². The van der Waals surface area contributed by atoms with Crippen LogP contribution in [0.1, 0.15) is 17.6 Å². The van der Waals surface area contributed by atoms with Gasteiger partial charge in [0.1, 0.15) is 23.7 Å². The van der Waals surface area contributed by atoms with Gasteiger partial charge in [-0.1, -0.05) is 6.07 Å². The number of hydrogen-bond donors (Lipinski definition) is 1. The molecule has 12 heteroatoms. The third-order valence-electron chi connectivity index (χ3n) is 5.58. The Labute approximate surface area is 199 Å². The van der Waals surface area contributed by atoms with Gasteiger partial charge in [-0.25, -0.2) is 23.5 Å². The van der Waals surface area contributed by atoms with Crippen molar-refractivity contribution in [3.05, 3.63) is 78.1 Å². The van der Waals surface area contributed by atoms with E-state index in [-0.39, 0.29) is 22.9 Å². The number of halogens is 5. The number of ether oxygens (including phenoxy) is 1. The number of fused-ring (bicyclic) bond motifs is 1. The number of imide groups is 1. The zero-order valence-electron chi connectivity index (χ0n) is 18.1. The fourth-order valence-corrected chi connectivity index (χ4v) is 3.89. The number of carbonyl (C=O) groups is 2. The van der Waals surface area contributed by atoms with Crippen molar-refractivity contribution in [3.63, 3.8) is 0 Å². The number of amides is 3. The van der Waals surface area contributed by atoms with E-state index in [1.54, 1.807) is 12.3 Å². The molecule has 0 saturated carbocycles. The molecule has 0 bridgehead atoms. The topological polar surface area (TPSA) is 78.5 Å². The number of anilines is 2. The van der Waals surface area contributed by atoms with Gasteiger partial charge in [0.25, 0.3) is 12.3 Å². The van der Waals surface area contributed by atoms with E-state index in [1.165, 1.54) is 30.5 Å². The van der Waals surface area contributed by atoms with Crippen molar-refractivity contribution in [2.24, 2.45) is 0 Å². The highest BCUT2D eigenvalue weighted by molar-refractivity contribution is 6.27. The monoisotopic (exact) mass is 502 g/mol. The van der Waals surface area contributed by atoms with Gasteiger partial charge in [-0.3, -0.25) is 9.69 Å². The summed E-state index contributed by atoms with van der Waals surface area (Å²) in [6.07, 6.45) is -4.61. The van der Waals surface area contributed by atoms with E-state index in [4.69, 9.17) is 4.74 Å². The van der Waals surface area contributed by atoms with Gasteiger partial charge >= 0.3 is 12.2 Å². The summed E-state index contributed by atoms with van der Waals surface area (Å²) >= 11 is 0. The minimum Gasteiger partial charge on any atom is -0.456 e. The smallest absolute Gasteiger partial charge is 0.416 e. The molecule has 1 saturated heterocycles. The first-order valence-electron chi connectivity index (χ1n) is 10.5. The van der Waals surface area contributed by atoms with Crippen LogP contribution >= 0.6 is 0 Å². The van der Waals surface area contributed by atoms with Crippen molar-refractivity contribution in [3.8, 4) is 11.5 Å². The number of carbonyl (C=O) groups excluding carboxylic acids is 2. The maximum Gasteiger partial charge on any atom is 0.416 e. The summed E-state index contributed by atoms with van der Waals surface area (Å²) in [7, 11) is 0. The van der Waals surface area contributed by atoms with Crippen LogP contribution in [-0.4, -0.2) is 28.5 Å². The van der Waals surface area contributed by atoms with Crippen LogP contribution in [-0.2, 0) is 11.0 Å². The van der Waals surface area contributed by atoms with Crippen LogP contribution in [0.5, 0.6) is 11.5 Å². The molecule has 1 N–H and O–H groups in total. The largest absolute Gasteiger partial charge is 0.456 e. The minimum atomic E-state index is -4.65. The molecule has 36 heavy (non-hydrogen) atoms. The molecule has 0 unspecified atom stereocenters. The molecule has 7 nitrogen and oxygen atoms in total. The van der Waals surface area contributed by atoms with Gasteiger partial charge in [0.2, 0.25) is 0 Å². The molecular formula is C24H15F5N4O3. The summed E-state index contributed by atoms with van der Waals surface area (Å²) in [4.78, 5) is 34.1. The molecule has 5 rings (SSSR count). The molecule has 184 valence electrons. The number of H-pyrrole nitrogens is 1. The van der Waals surface area contributed by atoms with E-state index >= 15 is 0 Å². The normalized spacial score (nSPS) is 14.4. The van der Waals surface area contributed by atoms with Crippen LogP contribution in [0.2, 0.25) is 0 Å². The second-order valence-electron chi connectivity index (χ2n) is 7.82. The Morgan fingerprint density at radius 3 is 2.53 bits per heavy atom. The summed E-state index contributed by atoms with van der Waals surface area (Å²) in [5.74, 6) is -0.717. The van der Waals surface area contributed by atoms with Gasteiger partial charge in [0, 0.05) is 18.1 Å². The Morgan fingerprint density at radius 1 is 0.972 bits per heavy atom. The van der Waals surface area contributed by atoms with Crippen molar-refractivity contribution < 1.29 is 36.3 Å². The van der Waals surface area contributed by atoms with Gasteiger partial charge in [-0.2, -0.15) is 13.2 Å². The number of alkyl halides is 5. The van der Waals surface area contributed by atoms with Gasteiger partial charge in [-0.05, 0) is 48.5 Å². The molecule has 0 spiro atoms. The first-order valence-corrected chi connectivity index (χ1v) is 10.5. The zero-order valence-corrected chi connectivity index (χ0v) is 18.1. The molecule has 3 heterocycles. The lowest BCUT2D eigenvalue weighted by Crippen LogP contribution is -2.33. The first kappa shape index (κ1) is 23.3. The average Bonchev–Trinajstić information content (AvgIpc) is 3.43. The third-order valence-corrected chi connectivity index (χ3v) is 5.58. The van der Waals surface area contributed by atoms with Crippen LogP contribution in [0.25, 0.3) is 11.0 Å². The molecular weight excluding hydrogens is 487 g/mol. The van der Waals surface area contributed by atoms with Crippen molar-refractivity contribution in [2.45, 2.75) is 12.6 Å². The first-order chi connectivity index (χ1) is 17.1. The van der Waals surface area contributed by atoms with Crippen molar-refractivity contribution in [2.75, 3.05) is 16.3 Å². The molecule has 2 aromatic carbocycles. The SMILES string of the molecule is O=C1CN(c2cccc(C(F)(F)F)c2)C(=O)N1c1ccc(Oc2ccnc3[nH]ccc23)c(C(F)F)c1. The number of rotatable bonds is 5. The molecule has 0 radical (unpaired) electrons. The lowest BCUT2D eigenvalue weighted by molar-refractivity contribution is -0.137. The van der Waals surface area contributed by atoms with Crippen LogP contribution in [0, 0.1) is 0 Å². The second-order valence-corrected chi connectivity index (χ2v) is 7.82. The molecule has 3 amide bonds. The Balaban J connectivity index is 1.46. The van der Waals surface area contributed by atoms with Crippen LogP contribution in [0.4, 0.5) is 38.1 Å². The number of aromatic nitrogens is 2. The molecule has 1 aliphatic heterocycles. The van der Waals surface area contributed by atoms with Crippen LogP contribution in [0.3, 0.4) is 0 Å². The van der Waals surface area contributed by atoms with Crippen molar-refractivity contribution in [1.29, 1.82) is 0 Å². The Kier molecular flexibility index (Phi) is 5.58. The fourth-order valence-electron chi connectivity index (χ4n) is 3.89. The highest BCUT2D eigenvalue weighted by atomic mass is 19.4. The predicted molar refractivity (Wildman–Crippen MR) is 119 cm³/mol. The highest BCUT2D eigenvalue weighted by Crippen LogP contribution is 2.39. The number of nitrogens with zero attached hydrogens (tertiary/aromatic N) is 3. The minimum absolute atomic E-state index is 0.145. The number of nitrogens with one attached hydrogen (secondary N) is 1. The average molecular weight is 502 g/mol. The van der Waals surface area contributed by atoms with Crippen LogP contribution < -0.4 is 14.5 Å². The van der Waals surface area contributed by atoms with E-state index in [0.717, 1.165) is 29.2 Å². The molecule has 1 fully saturated rings. The molecule has 1 aliphatic rings. The maximum absolute atomic E-state index is 13.9. The van der Waals surface area contributed by atoms with Gasteiger partial charge in [0.15, 0.2) is 0 Å². The second kappa shape index (κ2) is 8.63. The summed E-state index contributed by atoms with van der Waals surface area (Å²) in [5.41, 5.74) is -1.39. The number of pyridine rings is 1. The zero-order chi connectivity index (χ0) is 25.6. The molecule has 2 aromatic heterocycles. The van der Waals surface area contributed by atoms with Gasteiger partial charge < -0.3 is 9.72 Å². The summed E-state index contributed by atoms with van der Waals surface area (Å²) in [6, 6.07) is 9.54. The Morgan fingerprint density at radius 2 is 1.78 bits per heavy atom. The summed E-state index contributed by atoms with van der Waals surface area (Å²) in [6.45, 7) is -0.551. The summed E-state index contributed by atoms with van der Waals surface area (Å²) < 4.78 is 72.8. The van der Waals surface area contributed by atoms with Crippen molar-refractivity contribution >= 4 is 34.3 Å². The van der Waals surface area contributed by atoms with E-state index < -0.39 is 42.2 Å². The molecule has 4 aromatic rings. The predicted octanol–water partition coefficient (Wildman–Crippen LogP) is 6.28. The van der Waals surface area contributed by atoms with Crippen LogP contribution in [0.15, 0.2) is 67.0 Å². The number of aromatic amines is 1. The molecule has 0 atom stereocenters. The van der Waals surface area contributed by atoms with E-state index in [1.807, 2.05) is 0 Å². The van der Waals surface area contributed by atoms with E-state index in [0.29, 0.717) is 15.9 Å². The molecule has 0 aliphatic carbocycles. The summed E-state index contributed by atoms with van der Waals surface area (Å²) in [5, 5.41) is 0.559. The Bertz CT molecular complexity index is 1480. The number of urea groups is 1.